The molecule has 1 N–H and O–H groups in total. The molecule has 0 radical (unpaired) electrons. The average molecular weight is 313 g/mol. The molecule has 0 heterocycles. The maximum Gasteiger partial charge on any atom is 0.119 e. The summed E-state index contributed by atoms with van der Waals surface area (Å²) in [5, 5.41) is 18.7. The fourth-order valence-electron chi connectivity index (χ4n) is 1.94. The Morgan fingerprint density at radius 1 is 1.18 bits per heavy atom. The molecule has 0 bridgehead atoms. The average Bonchev–Trinajstić information content (AvgIpc) is 2.55. The van der Waals surface area contributed by atoms with Crippen molar-refractivity contribution in [1.82, 2.24) is 0 Å². The van der Waals surface area contributed by atoms with E-state index < -0.39 is 6.10 Å². The van der Waals surface area contributed by atoms with E-state index in [1.807, 2.05) is 12.1 Å². The van der Waals surface area contributed by atoms with Crippen molar-refractivity contribution in [3.05, 3.63) is 65.2 Å². The van der Waals surface area contributed by atoms with Crippen molar-refractivity contribution in [3.63, 3.8) is 0 Å². The fourth-order valence-corrected chi connectivity index (χ4v) is 2.97. The Labute approximate surface area is 135 Å². The zero-order chi connectivity index (χ0) is 15.8. The summed E-state index contributed by atoms with van der Waals surface area (Å²) in [7, 11) is 0. The monoisotopic (exact) mass is 313 g/mol. The number of nitrogens with zero attached hydrogens (tertiary/aromatic N) is 1. The highest BCUT2D eigenvalue weighted by molar-refractivity contribution is 7.98. The summed E-state index contributed by atoms with van der Waals surface area (Å²) in [6.07, 6.45) is -0.510. The summed E-state index contributed by atoms with van der Waals surface area (Å²) in [4.78, 5) is 0. The lowest BCUT2D eigenvalue weighted by atomic mass is 10.1. The topological polar surface area (TPSA) is 53.2 Å². The van der Waals surface area contributed by atoms with Crippen molar-refractivity contribution >= 4 is 11.8 Å². The third kappa shape index (κ3) is 5.10. The molecule has 0 fully saturated rings. The highest BCUT2D eigenvalue weighted by atomic mass is 32.2. The van der Waals surface area contributed by atoms with Gasteiger partial charge in [-0.2, -0.15) is 17.0 Å². The number of thioether (sulfide) groups is 1. The summed E-state index contributed by atoms with van der Waals surface area (Å²) in [6, 6.07) is 17.2. The maximum absolute atomic E-state index is 9.96. The zero-order valence-electron chi connectivity index (χ0n) is 12.5. The van der Waals surface area contributed by atoms with Crippen molar-refractivity contribution < 1.29 is 9.84 Å². The van der Waals surface area contributed by atoms with Gasteiger partial charge in [0.25, 0.3) is 0 Å². The molecule has 0 aliphatic heterocycles. The third-order valence-electron chi connectivity index (χ3n) is 3.25. The van der Waals surface area contributed by atoms with E-state index in [1.165, 1.54) is 11.1 Å². The summed E-state index contributed by atoms with van der Waals surface area (Å²) in [5.41, 5.74) is 3.17. The molecule has 1 atom stereocenters. The smallest absolute Gasteiger partial charge is 0.119 e. The van der Waals surface area contributed by atoms with Crippen molar-refractivity contribution in [1.29, 1.82) is 5.26 Å². The van der Waals surface area contributed by atoms with Gasteiger partial charge in [-0.3, -0.25) is 0 Å². The molecule has 22 heavy (non-hydrogen) atoms. The summed E-state index contributed by atoms with van der Waals surface area (Å²) < 4.78 is 5.52. The lowest BCUT2D eigenvalue weighted by molar-refractivity contribution is 0.126. The van der Waals surface area contributed by atoms with E-state index >= 15 is 0 Å². The SMILES string of the molecule is Cc1ccccc1CSCC(O)COc1ccc(C#N)cc1. The number of rotatable bonds is 7. The van der Waals surface area contributed by atoms with E-state index in [2.05, 4.69) is 25.1 Å². The van der Waals surface area contributed by atoms with E-state index in [1.54, 1.807) is 36.0 Å². The van der Waals surface area contributed by atoms with Crippen LogP contribution < -0.4 is 4.74 Å². The van der Waals surface area contributed by atoms with E-state index in [9.17, 15) is 5.11 Å². The second-order valence-corrected chi connectivity index (χ2v) is 6.07. The third-order valence-corrected chi connectivity index (χ3v) is 4.39. The van der Waals surface area contributed by atoms with Crippen LogP contribution in [-0.2, 0) is 5.75 Å². The van der Waals surface area contributed by atoms with Gasteiger partial charge in [-0.15, -0.1) is 0 Å². The number of hydrogen-bond acceptors (Lipinski definition) is 4. The largest absolute Gasteiger partial charge is 0.491 e. The second-order valence-electron chi connectivity index (χ2n) is 5.04. The fraction of sp³-hybridized carbons (Fsp3) is 0.278. The number of nitriles is 1. The summed E-state index contributed by atoms with van der Waals surface area (Å²) >= 11 is 1.70. The Morgan fingerprint density at radius 3 is 2.59 bits per heavy atom. The quantitative estimate of drug-likeness (QED) is 0.849. The van der Waals surface area contributed by atoms with E-state index in [0.29, 0.717) is 17.1 Å². The minimum absolute atomic E-state index is 0.257. The van der Waals surface area contributed by atoms with Gasteiger partial charge < -0.3 is 9.84 Å². The molecule has 0 saturated carbocycles. The Balaban J connectivity index is 1.70. The minimum Gasteiger partial charge on any atom is -0.491 e. The van der Waals surface area contributed by atoms with Crippen LogP contribution >= 0.6 is 11.8 Å². The van der Waals surface area contributed by atoms with Gasteiger partial charge in [0.05, 0.1) is 17.7 Å². The molecule has 1 unspecified atom stereocenters. The number of aliphatic hydroxyl groups is 1. The molecule has 2 rings (SSSR count). The molecule has 0 aliphatic rings. The lowest BCUT2D eigenvalue weighted by Gasteiger charge is -2.12. The molecule has 3 nitrogen and oxygen atoms in total. The molecule has 2 aromatic carbocycles. The second kappa shape index (κ2) is 8.47. The first-order valence-electron chi connectivity index (χ1n) is 7.12. The first kappa shape index (κ1) is 16.4. The molecule has 0 amide bonds. The van der Waals surface area contributed by atoms with Crippen LogP contribution in [0, 0.1) is 18.3 Å². The van der Waals surface area contributed by atoms with Gasteiger partial charge >= 0.3 is 0 Å². The Morgan fingerprint density at radius 2 is 1.91 bits per heavy atom. The molecular weight excluding hydrogens is 294 g/mol. The van der Waals surface area contributed by atoms with Crippen molar-refractivity contribution in [3.8, 4) is 11.8 Å². The van der Waals surface area contributed by atoms with Gasteiger partial charge in [-0.05, 0) is 42.3 Å². The first-order valence-corrected chi connectivity index (χ1v) is 8.28. The van der Waals surface area contributed by atoms with Crippen LogP contribution in [0.4, 0.5) is 0 Å². The van der Waals surface area contributed by atoms with Crippen molar-refractivity contribution in [2.45, 2.75) is 18.8 Å². The summed E-state index contributed by atoms with van der Waals surface area (Å²) in [5.74, 6) is 2.19. The van der Waals surface area contributed by atoms with Crippen LogP contribution in [0.25, 0.3) is 0 Å². The number of ether oxygens (including phenoxy) is 1. The van der Waals surface area contributed by atoms with Gasteiger partial charge in [0.1, 0.15) is 12.4 Å². The molecule has 0 saturated heterocycles. The maximum atomic E-state index is 9.96. The minimum atomic E-state index is -0.510. The predicted octanol–water partition coefficient (Wildman–Crippen LogP) is 3.54. The number of hydrogen-bond donors (Lipinski definition) is 1. The van der Waals surface area contributed by atoms with Gasteiger partial charge in [0.15, 0.2) is 0 Å². The van der Waals surface area contributed by atoms with E-state index in [0.717, 1.165) is 5.75 Å². The van der Waals surface area contributed by atoms with Gasteiger partial charge in [-0.25, -0.2) is 0 Å². The molecule has 2 aromatic rings. The Kier molecular flexibility index (Phi) is 6.32. The molecule has 0 aromatic heterocycles. The normalized spacial score (nSPS) is 11.7. The van der Waals surface area contributed by atoms with Crippen LogP contribution in [0.5, 0.6) is 5.75 Å². The van der Waals surface area contributed by atoms with E-state index in [-0.39, 0.29) is 6.61 Å². The van der Waals surface area contributed by atoms with Gasteiger partial charge in [-0.1, -0.05) is 24.3 Å². The molecule has 0 aliphatic carbocycles. The Hall–Kier alpha value is -1.96. The van der Waals surface area contributed by atoms with Gasteiger partial charge in [0.2, 0.25) is 0 Å². The van der Waals surface area contributed by atoms with Crippen LogP contribution in [0.1, 0.15) is 16.7 Å². The highest BCUT2D eigenvalue weighted by Gasteiger charge is 2.06. The number of aliphatic hydroxyl groups excluding tert-OH is 1. The zero-order valence-corrected chi connectivity index (χ0v) is 13.3. The number of aryl methyl sites for hydroxylation is 1. The standard InChI is InChI=1S/C18H19NO2S/c1-14-4-2-3-5-16(14)12-22-13-17(20)11-21-18-8-6-15(10-19)7-9-18/h2-9,17,20H,11-13H2,1H3. The highest BCUT2D eigenvalue weighted by Crippen LogP contribution is 2.17. The molecule has 4 heteroatoms. The van der Waals surface area contributed by atoms with E-state index in [4.69, 9.17) is 10.00 Å². The first-order chi connectivity index (χ1) is 10.7. The summed E-state index contributed by atoms with van der Waals surface area (Å²) in [6.45, 7) is 2.35. The molecule has 114 valence electrons. The van der Waals surface area contributed by atoms with Crippen molar-refractivity contribution in [2.75, 3.05) is 12.4 Å². The Bertz CT molecular complexity index is 634. The lowest BCUT2D eigenvalue weighted by Crippen LogP contribution is -2.20. The molecule has 0 spiro atoms. The van der Waals surface area contributed by atoms with Crippen LogP contribution in [0.2, 0.25) is 0 Å². The van der Waals surface area contributed by atoms with Crippen LogP contribution in [0.3, 0.4) is 0 Å². The van der Waals surface area contributed by atoms with Crippen molar-refractivity contribution in [2.24, 2.45) is 0 Å². The predicted molar refractivity (Wildman–Crippen MR) is 90.0 cm³/mol. The number of benzene rings is 2. The van der Waals surface area contributed by atoms with Crippen LogP contribution in [-0.4, -0.2) is 23.6 Å². The van der Waals surface area contributed by atoms with Gasteiger partial charge in [0, 0.05) is 11.5 Å². The van der Waals surface area contributed by atoms with Crippen LogP contribution in [0.15, 0.2) is 48.5 Å². The molecular formula is C18H19NO2S.